The average Bonchev–Trinajstić information content (AvgIpc) is 2.71. The van der Waals surface area contributed by atoms with Gasteiger partial charge in [0.15, 0.2) is 0 Å². The summed E-state index contributed by atoms with van der Waals surface area (Å²) in [5, 5.41) is 3.46. The summed E-state index contributed by atoms with van der Waals surface area (Å²) in [6.07, 6.45) is 2.20. The smallest absolute Gasteiger partial charge is 0.142 e. The van der Waals surface area contributed by atoms with Crippen LogP contribution in [0.1, 0.15) is 25.3 Å². The van der Waals surface area contributed by atoms with Gasteiger partial charge in [0.25, 0.3) is 0 Å². The van der Waals surface area contributed by atoms with Gasteiger partial charge in [-0.25, -0.2) is 4.39 Å². The summed E-state index contributed by atoms with van der Waals surface area (Å²) in [5.74, 6) is -0.366. The van der Waals surface area contributed by atoms with Crippen LogP contribution >= 0.6 is 11.6 Å². The Labute approximate surface area is 106 Å². The second kappa shape index (κ2) is 5.34. The molecule has 4 heteroatoms. The maximum Gasteiger partial charge on any atom is 0.142 e. The highest BCUT2D eigenvalue weighted by Gasteiger charge is 2.28. The summed E-state index contributed by atoms with van der Waals surface area (Å²) in [4.78, 5) is 0. The van der Waals surface area contributed by atoms with Crippen molar-refractivity contribution in [1.29, 1.82) is 0 Å². The summed E-state index contributed by atoms with van der Waals surface area (Å²) >= 11 is 5.63. The van der Waals surface area contributed by atoms with Crippen molar-refractivity contribution in [3.8, 4) is 0 Å². The summed E-state index contributed by atoms with van der Waals surface area (Å²) < 4.78 is 18.9. The highest BCUT2D eigenvalue weighted by atomic mass is 35.5. The zero-order valence-corrected chi connectivity index (χ0v) is 10.7. The number of benzene rings is 1. The Morgan fingerprint density at radius 3 is 3.00 bits per heavy atom. The summed E-state index contributed by atoms with van der Waals surface area (Å²) in [5.41, 5.74) is 0.832. The van der Waals surface area contributed by atoms with E-state index in [9.17, 15) is 4.39 Å². The van der Waals surface area contributed by atoms with Crippen LogP contribution in [0.15, 0.2) is 18.2 Å². The molecule has 0 radical (unpaired) electrons. The molecule has 0 saturated carbocycles. The van der Waals surface area contributed by atoms with Gasteiger partial charge in [0, 0.05) is 19.7 Å². The molecule has 1 fully saturated rings. The molecule has 1 aliphatic rings. The number of hydrogen-bond acceptors (Lipinski definition) is 2. The predicted molar refractivity (Wildman–Crippen MR) is 66.7 cm³/mol. The molecule has 0 amide bonds. The van der Waals surface area contributed by atoms with Crippen molar-refractivity contribution in [2.45, 2.75) is 31.9 Å². The summed E-state index contributed by atoms with van der Waals surface area (Å²) in [6, 6.07) is 4.88. The van der Waals surface area contributed by atoms with E-state index in [1.54, 1.807) is 6.07 Å². The van der Waals surface area contributed by atoms with Crippen molar-refractivity contribution in [3.05, 3.63) is 34.6 Å². The molecule has 1 unspecified atom stereocenters. The molecule has 2 nitrogen and oxygen atoms in total. The van der Waals surface area contributed by atoms with Gasteiger partial charge in [0.2, 0.25) is 0 Å². The van der Waals surface area contributed by atoms with Gasteiger partial charge in [0.05, 0.1) is 10.6 Å². The van der Waals surface area contributed by atoms with E-state index in [4.69, 9.17) is 16.3 Å². The van der Waals surface area contributed by atoms with Crippen LogP contribution in [0.5, 0.6) is 0 Å². The number of ether oxygens (including phenoxy) is 1. The second-order valence-corrected chi connectivity index (χ2v) is 5.16. The van der Waals surface area contributed by atoms with Gasteiger partial charge in [-0.15, -0.1) is 0 Å². The van der Waals surface area contributed by atoms with E-state index in [-0.39, 0.29) is 16.4 Å². The molecule has 94 valence electrons. The fraction of sp³-hybridized carbons (Fsp3) is 0.538. The molecule has 1 heterocycles. The first-order valence-corrected chi connectivity index (χ1v) is 6.25. The molecule has 2 rings (SSSR count). The topological polar surface area (TPSA) is 21.3 Å². The van der Waals surface area contributed by atoms with Gasteiger partial charge >= 0.3 is 0 Å². The number of nitrogens with one attached hydrogen (secondary N) is 1. The van der Waals surface area contributed by atoms with Crippen LogP contribution in [-0.2, 0) is 11.3 Å². The van der Waals surface area contributed by atoms with Crippen molar-refractivity contribution >= 4 is 11.6 Å². The van der Waals surface area contributed by atoms with E-state index in [2.05, 4.69) is 12.2 Å². The minimum absolute atomic E-state index is 0.0645. The van der Waals surface area contributed by atoms with Gasteiger partial charge in [0.1, 0.15) is 5.82 Å². The van der Waals surface area contributed by atoms with Crippen molar-refractivity contribution in [3.63, 3.8) is 0 Å². The van der Waals surface area contributed by atoms with Gasteiger partial charge in [-0.1, -0.05) is 17.7 Å². The fourth-order valence-corrected chi connectivity index (χ4v) is 2.21. The first kappa shape index (κ1) is 12.8. The monoisotopic (exact) mass is 257 g/mol. The number of hydrogen-bond donors (Lipinski definition) is 1. The molecular weight excluding hydrogens is 241 g/mol. The van der Waals surface area contributed by atoms with Crippen LogP contribution < -0.4 is 5.32 Å². The van der Waals surface area contributed by atoms with Crippen molar-refractivity contribution < 1.29 is 9.13 Å². The Bertz CT molecular complexity index is 391. The Morgan fingerprint density at radius 1 is 1.53 bits per heavy atom. The minimum Gasteiger partial charge on any atom is -0.374 e. The quantitative estimate of drug-likeness (QED) is 0.895. The van der Waals surface area contributed by atoms with E-state index in [0.717, 1.165) is 31.6 Å². The van der Waals surface area contributed by atoms with E-state index < -0.39 is 0 Å². The largest absolute Gasteiger partial charge is 0.374 e. The summed E-state index contributed by atoms with van der Waals surface area (Å²) in [6.45, 7) is 4.37. The van der Waals surface area contributed by atoms with E-state index in [0.29, 0.717) is 6.54 Å². The number of halogens is 2. The van der Waals surface area contributed by atoms with Crippen LogP contribution in [0, 0.1) is 5.82 Å². The highest BCUT2D eigenvalue weighted by molar-refractivity contribution is 6.30. The Kier molecular flexibility index (Phi) is 4.02. The molecule has 0 bridgehead atoms. The van der Waals surface area contributed by atoms with E-state index in [1.165, 1.54) is 6.07 Å². The minimum atomic E-state index is -0.366. The van der Waals surface area contributed by atoms with Crippen LogP contribution in [0.4, 0.5) is 4.39 Å². The average molecular weight is 258 g/mol. The van der Waals surface area contributed by atoms with Gasteiger partial charge in [-0.2, -0.15) is 0 Å². The van der Waals surface area contributed by atoms with Crippen LogP contribution in [0.3, 0.4) is 0 Å². The van der Waals surface area contributed by atoms with Crippen molar-refractivity contribution in [1.82, 2.24) is 5.32 Å². The fourth-order valence-electron chi connectivity index (χ4n) is 2.10. The zero-order chi connectivity index (χ0) is 12.3. The van der Waals surface area contributed by atoms with Crippen LogP contribution in [0.2, 0.25) is 5.02 Å². The van der Waals surface area contributed by atoms with Crippen LogP contribution in [-0.4, -0.2) is 18.8 Å². The Balaban J connectivity index is 1.83. The third kappa shape index (κ3) is 3.41. The first-order valence-electron chi connectivity index (χ1n) is 5.88. The lowest BCUT2D eigenvalue weighted by molar-refractivity contribution is 0.0207. The highest BCUT2D eigenvalue weighted by Crippen LogP contribution is 2.24. The standard InChI is InChI=1S/C13H17ClFNO/c1-13(5-2-6-17-13)9-16-8-10-3-4-11(14)12(15)7-10/h3-4,7,16H,2,5-6,8-9H2,1H3. The molecule has 0 aromatic heterocycles. The third-order valence-corrected chi connectivity index (χ3v) is 3.42. The molecule has 1 aromatic rings. The lowest BCUT2D eigenvalue weighted by atomic mass is 10.0. The zero-order valence-electron chi connectivity index (χ0n) is 9.93. The van der Waals surface area contributed by atoms with Gasteiger partial charge < -0.3 is 10.1 Å². The van der Waals surface area contributed by atoms with Crippen molar-refractivity contribution in [2.24, 2.45) is 0 Å². The first-order chi connectivity index (χ1) is 8.09. The van der Waals surface area contributed by atoms with Crippen LogP contribution in [0.25, 0.3) is 0 Å². The number of rotatable bonds is 4. The van der Waals surface area contributed by atoms with Crippen molar-refractivity contribution in [2.75, 3.05) is 13.2 Å². The molecular formula is C13H17ClFNO. The SMILES string of the molecule is CC1(CNCc2ccc(Cl)c(F)c2)CCCO1. The lowest BCUT2D eigenvalue weighted by Gasteiger charge is -2.23. The van der Waals surface area contributed by atoms with Gasteiger partial charge in [-0.3, -0.25) is 0 Å². The normalized spacial score (nSPS) is 24.2. The third-order valence-electron chi connectivity index (χ3n) is 3.11. The maximum absolute atomic E-state index is 13.2. The van der Waals surface area contributed by atoms with E-state index in [1.807, 2.05) is 6.07 Å². The van der Waals surface area contributed by atoms with E-state index >= 15 is 0 Å². The molecule has 0 spiro atoms. The maximum atomic E-state index is 13.2. The molecule has 1 atom stereocenters. The molecule has 1 N–H and O–H groups in total. The molecule has 1 saturated heterocycles. The summed E-state index contributed by atoms with van der Waals surface area (Å²) in [7, 11) is 0. The molecule has 0 aliphatic carbocycles. The Morgan fingerprint density at radius 2 is 2.35 bits per heavy atom. The molecule has 17 heavy (non-hydrogen) atoms. The lowest BCUT2D eigenvalue weighted by Crippen LogP contribution is -2.36. The molecule has 1 aliphatic heterocycles. The van der Waals surface area contributed by atoms with Gasteiger partial charge in [-0.05, 0) is 37.5 Å². The Hall–Kier alpha value is -0.640. The predicted octanol–water partition coefficient (Wildman–Crippen LogP) is 3.14. The second-order valence-electron chi connectivity index (χ2n) is 4.75. The molecule has 1 aromatic carbocycles.